The van der Waals surface area contributed by atoms with E-state index in [1.807, 2.05) is 18.2 Å². The molecule has 3 heteroatoms. The van der Waals surface area contributed by atoms with Crippen LogP contribution < -0.4 is 5.32 Å². The molecule has 0 unspecified atom stereocenters. The maximum Gasteiger partial charge on any atom is 0.129 e. The van der Waals surface area contributed by atoms with Crippen molar-refractivity contribution in [2.75, 3.05) is 5.32 Å². The molecule has 21 heavy (non-hydrogen) atoms. The Bertz CT molecular complexity index is 709. The first-order valence-electron chi connectivity index (χ1n) is 6.82. The summed E-state index contributed by atoms with van der Waals surface area (Å²) in [7, 11) is 0. The summed E-state index contributed by atoms with van der Waals surface area (Å²) in [5.74, 6) is 0. The molecule has 3 rings (SSSR count). The first-order valence-corrected chi connectivity index (χ1v) is 7.61. The van der Waals surface area contributed by atoms with Gasteiger partial charge in [-0.1, -0.05) is 54.6 Å². The van der Waals surface area contributed by atoms with E-state index in [2.05, 4.69) is 74.8 Å². The van der Waals surface area contributed by atoms with Crippen molar-refractivity contribution < 1.29 is 0 Å². The Balaban J connectivity index is 1.69. The minimum absolute atomic E-state index is 0.777. The molecule has 0 aliphatic carbocycles. The lowest BCUT2D eigenvalue weighted by molar-refractivity contribution is 1.13. The van der Waals surface area contributed by atoms with Crippen LogP contribution in [0.2, 0.25) is 0 Å². The lowest BCUT2D eigenvalue weighted by atomic mass is 10.0. The van der Waals surface area contributed by atoms with Gasteiger partial charge in [-0.3, -0.25) is 0 Å². The molecule has 1 N–H and O–H groups in total. The molecule has 2 nitrogen and oxygen atoms in total. The van der Waals surface area contributed by atoms with Crippen LogP contribution in [0.5, 0.6) is 0 Å². The van der Waals surface area contributed by atoms with Crippen LogP contribution in [-0.4, -0.2) is 4.98 Å². The zero-order valence-electron chi connectivity index (χ0n) is 11.5. The molecule has 0 amide bonds. The number of rotatable bonds is 4. The molecule has 0 atom stereocenters. The van der Waals surface area contributed by atoms with Crippen molar-refractivity contribution in [2.45, 2.75) is 6.54 Å². The van der Waals surface area contributed by atoms with E-state index in [1.165, 1.54) is 16.7 Å². The van der Waals surface area contributed by atoms with E-state index in [0.29, 0.717) is 0 Å². The van der Waals surface area contributed by atoms with Gasteiger partial charge in [0.05, 0.1) is 5.69 Å². The number of hydrogen-bond acceptors (Lipinski definition) is 2. The highest BCUT2D eigenvalue weighted by Crippen LogP contribution is 2.21. The molecular formula is C18H15BrN2. The molecule has 0 saturated carbocycles. The summed E-state index contributed by atoms with van der Waals surface area (Å²) in [5, 5.41) is 3.38. The third-order valence-electron chi connectivity index (χ3n) is 3.30. The van der Waals surface area contributed by atoms with Crippen LogP contribution in [0.25, 0.3) is 11.1 Å². The van der Waals surface area contributed by atoms with E-state index in [9.17, 15) is 0 Å². The highest BCUT2D eigenvalue weighted by molar-refractivity contribution is 9.10. The molecule has 0 radical (unpaired) electrons. The minimum Gasteiger partial charge on any atom is -0.379 e. The first kappa shape index (κ1) is 13.8. The topological polar surface area (TPSA) is 24.9 Å². The van der Waals surface area contributed by atoms with E-state index < -0.39 is 0 Å². The van der Waals surface area contributed by atoms with Gasteiger partial charge in [0.1, 0.15) is 4.60 Å². The Morgan fingerprint density at radius 3 is 2.24 bits per heavy atom. The monoisotopic (exact) mass is 338 g/mol. The van der Waals surface area contributed by atoms with E-state index >= 15 is 0 Å². The third-order valence-corrected chi connectivity index (χ3v) is 3.94. The Kier molecular flexibility index (Phi) is 4.31. The summed E-state index contributed by atoms with van der Waals surface area (Å²) in [6.07, 6.45) is 1.77. The second kappa shape index (κ2) is 6.55. The lowest BCUT2D eigenvalue weighted by Gasteiger charge is -2.08. The van der Waals surface area contributed by atoms with Crippen LogP contribution in [0.1, 0.15) is 5.56 Å². The molecule has 1 heterocycles. The van der Waals surface area contributed by atoms with E-state index in [4.69, 9.17) is 0 Å². The Labute approximate surface area is 133 Å². The van der Waals surface area contributed by atoms with Crippen molar-refractivity contribution in [2.24, 2.45) is 0 Å². The predicted octanol–water partition coefficient (Wildman–Crippen LogP) is 5.12. The average Bonchev–Trinajstić information content (AvgIpc) is 2.55. The van der Waals surface area contributed by atoms with Gasteiger partial charge in [0, 0.05) is 12.7 Å². The summed E-state index contributed by atoms with van der Waals surface area (Å²) < 4.78 is 0.839. The molecule has 0 bridgehead atoms. The van der Waals surface area contributed by atoms with Crippen molar-refractivity contribution in [1.29, 1.82) is 0 Å². The van der Waals surface area contributed by atoms with E-state index in [0.717, 1.165) is 16.8 Å². The van der Waals surface area contributed by atoms with Gasteiger partial charge in [-0.05, 0) is 44.8 Å². The van der Waals surface area contributed by atoms with Crippen LogP contribution in [0, 0.1) is 0 Å². The van der Waals surface area contributed by atoms with Gasteiger partial charge in [0.25, 0.3) is 0 Å². The maximum atomic E-state index is 4.20. The van der Waals surface area contributed by atoms with Crippen molar-refractivity contribution in [3.8, 4) is 11.1 Å². The zero-order chi connectivity index (χ0) is 14.5. The summed E-state index contributed by atoms with van der Waals surface area (Å²) in [6, 6.07) is 23.0. The van der Waals surface area contributed by atoms with Gasteiger partial charge in [-0.2, -0.15) is 0 Å². The van der Waals surface area contributed by atoms with Gasteiger partial charge in [0.2, 0.25) is 0 Å². The normalized spacial score (nSPS) is 10.3. The Hall–Kier alpha value is -2.13. The number of anilines is 1. The summed E-state index contributed by atoms with van der Waals surface area (Å²) in [6.45, 7) is 0.777. The predicted molar refractivity (Wildman–Crippen MR) is 91.1 cm³/mol. The quantitative estimate of drug-likeness (QED) is 0.667. The number of pyridine rings is 1. The molecule has 3 aromatic rings. The number of halogens is 1. The molecular weight excluding hydrogens is 324 g/mol. The zero-order valence-corrected chi connectivity index (χ0v) is 13.0. The summed E-state index contributed by atoms with van der Waals surface area (Å²) in [4.78, 5) is 4.20. The molecule has 0 fully saturated rings. The molecule has 0 aliphatic heterocycles. The van der Waals surface area contributed by atoms with Gasteiger partial charge < -0.3 is 5.32 Å². The fraction of sp³-hybridized carbons (Fsp3) is 0.0556. The minimum atomic E-state index is 0.777. The highest BCUT2D eigenvalue weighted by atomic mass is 79.9. The van der Waals surface area contributed by atoms with Crippen molar-refractivity contribution in [3.05, 3.63) is 83.1 Å². The van der Waals surface area contributed by atoms with Gasteiger partial charge in [0.15, 0.2) is 0 Å². The molecule has 0 aliphatic rings. The maximum absolute atomic E-state index is 4.20. The molecule has 104 valence electrons. The van der Waals surface area contributed by atoms with Crippen LogP contribution in [-0.2, 0) is 6.54 Å². The number of aromatic nitrogens is 1. The number of benzene rings is 2. The Morgan fingerprint density at radius 2 is 1.52 bits per heavy atom. The summed E-state index contributed by atoms with van der Waals surface area (Å²) in [5.41, 5.74) is 4.73. The van der Waals surface area contributed by atoms with Crippen molar-refractivity contribution >= 4 is 21.6 Å². The smallest absolute Gasteiger partial charge is 0.129 e. The molecule has 0 spiro atoms. The van der Waals surface area contributed by atoms with Crippen molar-refractivity contribution in [1.82, 2.24) is 4.98 Å². The van der Waals surface area contributed by atoms with Gasteiger partial charge in [-0.15, -0.1) is 0 Å². The molecule has 1 aromatic heterocycles. The highest BCUT2D eigenvalue weighted by Gasteiger charge is 2.00. The number of nitrogens with one attached hydrogen (secondary N) is 1. The first-order chi connectivity index (χ1) is 10.3. The van der Waals surface area contributed by atoms with Gasteiger partial charge >= 0.3 is 0 Å². The second-order valence-electron chi connectivity index (χ2n) is 4.76. The molecule has 2 aromatic carbocycles. The summed E-state index contributed by atoms with van der Waals surface area (Å²) >= 11 is 3.44. The van der Waals surface area contributed by atoms with Crippen LogP contribution in [0.3, 0.4) is 0 Å². The molecule has 0 saturated heterocycles. The van der Waals surface area contributed by atoms with Crippen molar-refractivity contribution in [3.63, 3.8) is 0 Å². The van der Waals surface area contributed by atoms with Crippen LogP contribution >= 0.6 is 15.9 Å². The number of nitrogens with zero attached hydrogens (tertiary/aromatic N) is 1. The van der Waals surface area contributed by atoms with Crippen LogP contribution in [0.15, 0.2) is 77.5 Å². The fourth-order valence-electron chi connectivity index (χ4n) is 2.16. The number of hydrogen-bond donors (Lipinski definition) is 1. The average molecular weight is 339 g/mol. The fourth-order valence-corrected chi connectivity index (χ4v) is 2.55. The standard InChI is InChI=1S/C18H15BrN2/c19-18-17(7-4-12-20-18)21-13-14-8-10-16(11-9-14)15-5-2-1-3-6-15/h1-12,21H,13H2. The SMILES string of the molecule is Brc1ncccc1NCc1ccc(-c2ccccc2)cc1. The largest absolute Gasteiger partial charge is 0.379 e. The lowest BCUT2D eigenvalue weighted by Crippen LogP contribution is -2.00. The third kappa shape index (κ3) is 3.50. The van der Waals surface area contributed by atoms with Gasteiger partial charge in [-0.25, -0.2) is 4.98 Å². The second-order valence-corrected chi connectivity index (χ2v) is 5.51. The van der Waals surface area contributed by atoms with E-state index in [1.54, 1.807) is 6.20 Å². The van der Waals surface area contributed by atoms with E-state index in [-0.39, 0.29) is 0 Å². The Morgan fingerprint density at radius 1 is 0.810 bits per heavy atom. The van der Waals surface area contributed by atoms with Crippen LogP contribution in [0.4, 0.5) is 5.69 Å².